The standard InChI is InChI=1S/C7H9F3O2/c8-7(9,10)5-3-1-2-4-6(11)12/h1,3H,2,4-5H2,(H,11,12)/p-1. The number of halogens is 3. The molecule has 0 aliphatic carbocycles. The normalized spacial score (nSPS) is 12.2. The molecule has 0 aromatic rings. The molecule has 0 N–H and O–H groups in total. The molecule has 0 fully saturated rings. The highest BCUT2D eigenvalue weighted by Gasteiger charge is 2.24. The van der Waals surface area contributed by atoms with Gasteiger partial charge in [0.05, 0.1) is 6.42 Å². The topological polar surface area (TPSA) is 40.1 Å². The largest absolute Gasteiger partial charge is 0.550 e. The summed E-state index contributed by atoms with van der Waals surface area (Å²) in [6.45, 7) is 0. The Bertz CT molecular complexity index is 172. The van der Waals surface area contributed by atoms with Crippen LogP contribution in [0.4, 0.5) is 13.2 Å². The van der Waals surface area contributed by atoms with Gasteiger partial charge >= 0.3 is 6.18 Å². The van der Waals surface area contributed by atoms with E-state index in [1.54, 1.807) is 0 Å². The molecule has 0 spiro atoms. The van der Waals surface area contributed by atoms with Crippen LogP contribution in [0.25, 0.3) is 0 Å². The first kappa shape index (κ1) is 11.0. The molecule has 0 aliphatic rings. The first-order valence-electron chi connectivity index (χ1n) is 3.33. The minimum atomic E-state index is -4.21. The van der Waals surface area contributed by atoms with Crippen LogP contribution < -0.4 is 5.11 Å². The molecule has 70 valence electrons. The van der Waals surface area contributed by atoms with Crippen LogP contribution in [-0.4, -0.2) is 12.1 Å². The lowest BCUT2D eigenvalue weighted by Gasteiger charge is -2.00. The van der Waals surface area contributed by atoms with Gasteiger partial charge in [0.1, 0.15) is 0 Å². The molecule has 0 unspecified atom stereocenters. The summed E-state index contributed by atoms with van der Waals surface area (Å²) in [5, 5.41) is 9.79. The average molecular weight is 181 g/mol. The average Bonchev–Trinajstić information content (AvgIpc) is 1.83. The van der Waals surface area contributed by atoms with Gasteiger partial charge < -0.3 is 9.90 Å². The van der Waals surface area contributed by atoms with Gasteiger partial charge in [-0.3, -0.25) is 0 Å². The summed E-state index contributed by atoms with van der Waals surface area (Å²) in [4.78, 5) is 9.79. The van der Waals surface area contributed by atoms with E-state index in [-0.39, 0.29) is 12.8 Å². The van der Waals surface area contributed by atoms with E-state index in [0.717, 1.165) is 6.08 Å². The Labute approximate surface area is 67.7 Å². The number of aliphatic carboxylic acids is 1. The second kappa shape index (κ2) is 4.79. The molecule has 5 heteroatoms. The van der Waals surface area contributed by atoms with Gasteiger partial charge in [-0.05, 0) is 12.8 Å². The van der Waals surface area contributed by atoms with Gasteiger partial charge in [0.15, 0.2) is 0 Å². The first-order valence-corrected chi connectivity index (χ1v) is 3.33. The van der Waals surface area contributed by atoms with Crippen molar-refractivity contribution in [3.8, 4) is 0 Å². The van der Waals surface area contributed by atoms with Gasteiger partial charge in [-0.1, -0.05) is 12.2 Å². The fourth-order valence-corrected chi connectivity index (χ4v) is 0.536. The summed E-state index contributed by atoms with van der Waals surface area (Å²) < 4.78 is 34.4. The minimum Gasteiger partial charge on any atom is -0.550 e. The fraction of sp³-hybridized carbons (Fsp3) is 0.571. The number of hydrogen-bond donors (Lipinski definition) is 0. The van der Waals surface area contributed by atoms with Crippen LogP contribution in [-0.2, 0) is 4.79 Å². The van der Waals surface area contributed by atoms with Gasteiger partial charge in [0.25, 0.3) is 0 Å². The number of carbonyl (C=O) groups is 1. The second-order valence-corrected chi connectivity index (χ2v) is 2.20. The van der Waals surface area contributed by atoms with E-state index in [1.165, 1.54) is 6.08 Å². The molecule has 0 aromatic carbocycles. The van der Waals surface area contributed by atoms with Crippen molar-refractivity contribution in [3.63, 3.8) is 0 Å². The van der Waals surface area contributed by atoms with Crippen molar-refractivity contribution in [3.05, 3.63) is 12.2 Å². The number of hydrogen-bond acceptors (Lipinski definition) is 2. The molecule has 0 radical (unpaired) electrons. The third-order valence-corrected chi connectivity index (χ3v) is 1.03. The lowest BCUT2D eigenvalue weighted by Crippen LogP contribution is -2.21. The number of alkyl halides is 3. The van der Waals surface area contributed by atoms with Gasteiger partial charge in [-0.2, -0.15) is 13.2 Å². The summed E-state index contributed by atoms with van der Waals surface area (Å²) >= 11 is 0. The molecule has 0 saturated carbocycles. The number of allylic oxidation sites excluding steroid dienone is 2. The van der Waals surface area contributed by atoms with E-state index >= 15 is 0 Å². The molecule has 0 amide bonds. The van der Waals surface area contributed by atoms with Crippen LogP contribution in [0.2, 0.25) is 0 Å². The van der Waals surface area contributed by atoms with Crippen LogP contribution in [0.3, 0.4) is 0 Å². The fourth-order valence-electron chi connectivity index (χ4n) is 0.536. The van der Waals surface area contributed by atoms with Crippen LogP contribution in [0.15, 0.2) is 12.2 Å². The molecule has 0 saturated heterocycles. The second-order valence-electron chi connectivity index (χ2n) is 2.20. The van der Waals surface area contributed by atoms with Crippen LogP contribution in [0, 0.1) is 0 Å². The molecule has 0 rings (SSSR count). The number of carboxylic acids is 1. The lowest BCUT2D eigenvalue weighted by atomic mass is 10.2. The summed E-state index contributed by atoms with van der Waals surface area (Å²) in [7, 11) is 0. The Balaban J connectivity index is 3.45. The van der Waals surface area contributed by atoms with E-state index in [1.807, 2.05) is 0 Å². The quantitative estimate of drug-likeness (QED) is 0.607. The SMILES string of the molecule is O=C([O-])CCC=CCC(F)(F)F. The van der Waals surface area contributed by atoms with Crippen molar-refractivity contribution >= 4 is 5.97 Å². The number of carbonyl (C=O) groups excluding carboxylic acids is 1. The van der Waals surface area contributed by atoms with Crippen molar-refractivity contribution in [2.45, 2.75) is 25.4 Å². The highest BCUT2D eigenvalue weighted by molar-refractivity contribution is 5.64. The van der Waals surface area contributed by atoms with Crippen molar-refractivity contribution in [1.29, 1.82) is 0 Å². The Hall–Kier alpha value is -1.00. The highest BCUT2D eigenvalue weighted by atomic mass is 19.4. The van der Waals surface area contributed by atoms with Crippen molar-refractivity contribution in [2.24, 2.45) is 0 Å². The summed E-state index contributed by atoms with van der Waals surface area (Å²) in [5.74, 6) is -1.26. The monoisotopic (exact) mass is 181 g/mol. The Morgan fingerprint density at radius 3 is 2.33 bits per heavy atom. The summed E-state index contributed by atoms with van der Waals surface area (Å²) in [6, 6.07) is 0. The van der Waals surface area contributed by atoms with E-state index in [4.69, 9.17) is 0 Å². The molecular formula is C7H8F3O2-. The third-order valence-electron chi connectivity index (χ3n) is 1.03. The molecule has 0 aromatic heterocycles. The van der Waals surface area contributed by atoms with Crippen molar-refractivity contribution in [2.75, 3.05) is 0 Å². The Morgan fingerprint density at radius 2 is 1.92 bits per heavy atom. The predicted octanol–water partition coefficient (Wildman–Crippen LogP) is 1.03. The van der Waals surface area contributed by atoms with Gasteiger partial charge in [-0.15, -0.1) is 0 Å². The predicted molar refractivity (Wildman–Crippen MR) is 34.1 cm³/mol. The minimum absolute atomic E-state index is 0.0818. The van der Waals surface area contributed by atoms with E-state index in [2.05, 4.69) is 0 Å². The maximum atomic E-state index is 11.5. The lowest BCUT2D eigenvalue weighted by molar-refractivity contribution is -0.305. The molecule has 0 heterocycles. The zero-order valence-electron chi connectivity index (χ0n) is 6.23. The Kier molecular flexibility index (Phi) is 4.39. The molecule has 0 aliphatic heterocycles. The van der Waals surface area contributed by atoms with E-state index in [0.29, 0.717) is 0 Å². The summed E-state index contributed by atoms with van der Waals surface area (Å²) in [6.07, 6.45) is -3.29. The van der Waals surface area contributed by atoms with E-state index in [9.17, 15) is 23.1 Å². The molecule has 12 heavy (non-hydrogen) atoms. The van der Waals surface area contributed by atoms with Crippen molar-refractivity contribution in [1.82, 2.24) is 0 Å². The van der Waals surface area contributed by atoms with Gasteiger partial charge in [0, 0.05) is 5.97 Å². The van der Waals surface area contributed by atoms with E-state index < -0.39 is 18.6 Å². The van der Waals surface area contributed by atoms with Crippen LogP contribution in [0.5, 0.6) is 0 Å². The zero-order chi connectivity index (χ0) is 9.61. The van der Waals surface area contributed by atoms with Gasteiger partial charge in [-0.25, -0.2) is 0 Å². The van der Waals surface area contributed by atoms with Crippen molar-refractivity contribution < 1.29 is 23.1 Å². The molecule has 0 bridgehead atoms. The van der Waals surface area contributed by atoms with Gasteiger partial charge in [0.2, 0.25) is 0 Å². The number of rotatable bonds is 4. The molecule has 0 atom stereocenters. The molecular weight excluding hydrogens is 173 g/mol. The highest BCUT2D eigenvalue weighted by Crippen LogP contribution is 2.19. The third kappa shape index (κ3) is 9.00. The maximum Gasteiger partial charge on any atom is 0.392 e. The summed E-state index contributed by atoms with van der Waals surface area (Å²) in [5.41, 5.74) is 0. The smallest absolute Gasteiger partial charge is 0.392 e. The van der Waals surface area contributed by atoms with Crippen LogP contribution in [0.1, 0.15) is 19.3 Å². The zero-order valence-corrected chi connectivity index (χ0v) is 6.23. The number of carboxylic acid groups (broad SMARTS) is 1. The first-order chi connectivity index (χ1) is 5.42. The molecule has 2 nitrogen and oxygen atoms in total. The van der Waals surface area contributed by atoms with Crippen LogP contribution >= 0.6 is 0 Å². The maximum absolute atomic E-state index is 11.5. The Morgan fingerprint density at radius 1 is 1.33 bits per heavy atom.